The molecule has 3 unspecified atom stereocenters. The lowest BCUT2D eigenvalue weighted by molar-refractivity contribution is -0.132. The first-order chi connectivity index (χ1) is 8.41. The normalized spacial score (nSPS) is 30.5. The van der Waals surface area contributed by atoms with Gasteiger partial charge in [-0.3, -0.25) is 4.79 Å². The minimum atomic E-state index is -0.0586. The Hall–Kier alpha value is -1.08. The minimum absolute atomic E-state index is 0.0365. The topological polar surface area (TPSA) is 78.9 Å². The summed E-state index contributed by atoms with van der Waals surface area (Å²) in [5.74, 6) is 0.507. The summed E-state index contributed by atoms with van der Waals surface area (Å²) in [5.41, 5.74) is 6.03. The van der Waals surface area contributed by atoms with Gasteiger partial charge in [-0.05, 0) is 30.6 Å². The highest BCUT2D eigenvalue weighted by molar-refractivity contribution is 5.79. The summed E-state index contributed by atoms with van der Waals surface area (Å²) in [5, 5.41) is 11.4. The van der Waals surface area contributed by atoms with Crippen molar-refractivity contribution in [3.8, 4) is 6.07 Å². The van der Waals surface area contributed by atoms with Crippen LogP contribution in [0.2, 0.25) is 0 Å². The predicted octanol–water partition coefficient (Wildman–Crippen LogP) is 1.81. The van der Waals surface area contributed by atoms with Crippen molar-refractivity contribution in [2.24, 2.45) is 23.0 Å². The summed E-state index contributed by atoms with van der Waals surface area (Å²) in [4.78, 5) is 12.2. The molecule has 1 amide bonds. The van der Waals surface area contributed by atoms with Crippen molar-refractivity contribution in [2.75, 3.05) is 6.54 Å². The number of carbonyl (C=O) groups excluding carboxylic acids is 1. The Balaban J connectivity index is 2.55. The van der Waals surface area contributed by atoms with Crippen molar-refractivity contribution < 1.29 is 4.79 Å². The number of nitrogens with two attached hydrogens (primary N) is 1. The highest BCUT2D eigenvalue weighted by atomic mass is 16.1. The number of carbonyl (C=O) groups is 1. The van der Waals surface area contributed by atoms with Gasteiger partial charge < -0.3 is 11.1 Å². The molecule has 1 aliphatic carbocycles. The van der Waals surface area contributed by atoms with E-state index in [2.05, 4.69) is 32.2 Å². The molecule has 4 heteroatoms. The Morgan fingerprint density at radius 2 is 2.17 bits per heavy atom. The van der Waals surface area contributed by atoms with Crippen molar-refractivity contribution in [2.45, 2.75) is 52.5 Å². The Morgan fingerprint density at radius 1 is 1.50 bits per heavy atom. The van der Waals surface area contributed by atoms with Crippen molar-refractivity contribution in [1.29, 1.82) is 5.26 Å². The molecule has 1 fully saturated rings. The van der Waals surface area contributed by atoms with Crippen LogP contribution < -0.4 is 11.1 Å². The molecule has 0 aromatic heterocycles. The average molecular weight is 251 g/mol. The third-order valence-corrected chi connectivity index (χ3v) is 4.58. The third kappa shape index (κ3) is 3.23. The van der Waals surface area contributed by atoms with Gasteiger partial charge in [0.2, 0.25) is 5.91 Å². The second-order valence-electron chi connectivity index (χ2n) is 5.96. The number of nitriles is 1. The van der Waals surface area contributed by atoms with Crippen LogP contribution in [0.5, 0.6) is 0 Å². The number of hydrogen-bond acceptors (Lipinski definition) is 3. The fourth-order valence-corrected chi connectivity index (χ4v) is 2.82. The number of hydrogen-bond donors (Lipinski definition) is 2. The van der Waals surface area contributed by atoms with Crippen LogP contribution >= 0.6 is 0 Å². The number of nitrogens with zero attached hydrogens (tertiary/aromatic N) is 1. The standard InChI is InChI=1S/C14H25N3O/c1-10-12(16)7-6-11(14(10,2)3)13(18)17-9-5-4-8-15/h10-12H,4-7,9,16H2,1-3H3,(H,17,18). The summed E-state index contributed by atoms with van der Waals surface area (Å²) < 4.78 is 0. The van der Waals surface area contributed by atoms with Gasteiger partial charge in [-0.15, -0.1) is 0 Å². The molecule has 0 aromatic rings. The smallest absolute Gasteiger partial charge is 0.223 e. The summed E-state index contributed by atoms with van der Waals surface area (Å²) in [7, 11) is 0. The van der Waals surface area contributed by atoms with Gasteiger partial charge in [0.25, 0.3) is 0 Å². The zero-order valence-corrected chi connectivity index (χ0v) is 11.7. The van der Waals surface area contributed by atoms with Gasteiger partial charge in [-0.1, -0.05) is 20.8 Å². The zero-order valence-electron chi connectivity index (χ0n) is 11.7. The SMILES string of the molecule is CC1C(N)CCC(C(=O)NCCCC#N)C1(C)C. The largest absolute Gasteiger partial charge is 0.356 e. The molecule has 3 atom stereocenters. The van der Waals surface area contributed by atoms with Crippen LogP contribution in [0.25, 0.3) is 0 Å². The maximum absolute atomic E-state index is 12.2. The van der Waals surface area contributed by atoms with Gasteiger partial charge in [-0.25, -0.2) is 0 Å². The molecular weight excluding hydrogens is 226 g/mol. The Labute approximate surface area is 110 Å². The quantitative estimate of drug-likeness (QED) is 0.748. The van der Waals surface area contributed by atoms with Crippen LogP contribution in [0.3, 0.4) is 0 Å². The Bertz CT molecular complexity index is 332. The lowest BCUT2D eigenvalue weighted by Crippen LogP contribution is -2.51. The number of rotatable bonds is 4. The van der Waals surface area contributed by atoms with Crippen LogP contribution in [0.15, 0.2) is 0 Å². The van der Waals surface area contributed by atoms with E-state index in [1.807, 2.05) is 0 Å². The second-order valence-corrected chi connectivity index (χ2v) is 5.96. The van der Waals surface area contributed by atoms with E-state index in [1.54, 1.807) is 0 Å². The van der Waals surface area contributed by atoms with Gasteiger partial charge in [0, 0.05) is 24.9 Å². The van der Waals surface area contributed by atoms with Crippen LogP contribution in [0.1, 0.15) is 46.5 Å². The van der Waals surface area contributed by atoms with Crippen molar-refractivity contribution in [3.05, 3.63) is 0 Å². The molecule has 102 valence electrons. The van der Waals surface area contributed by atoms with Crippen molar-refractivity contribution >= 4 is 5.91 Å². The summed E-state index contributed by atoms with van der Waals surface area (Å²) in [6.45, 7) is 7.01. The fourth-order valence-electron chi connectivity index (χ4n) is 2.82. The predicted molar refractivity (Wildman–Crippen MR) is 71.5 cm³/mol. The molecule has 18 heavy (non-hydrogen) atoms. The molecule has 0 aromatic carbocycles. The summed E-state index contributed by atoms with van der Waals surface area (Å²) in [6, 6.07) is 2.28. The molecule has 4 nitrogen and oxygen atoms in total. The van der Waals surface area contributed by atoms with E-state index in [-0.39, 0.29) is 23.3 Å². The van der Waals surface area contributed by atoms with Gasteiger partial charge in [-0.2, -0.15) is 5.26 Å². The van der Waals surface area contributed by atoms with E-state index >= 15 is 0 Å². The molecule has 0 bridgehead atoms. The maximum atomic E-state index is 12.2. The third-order valence-electron chi connectivity index (χ3n) is 4.58. The molecule has 0 spiro atoms. The van der Waals surface area contributed by atoms with E-state index in [0.717, 1.165) is 19.3 Å². The Kier molecular flexibility index (Phi) is 5.15. The molecule has 3 N–H and O–H groups in total. The monoisotopic (exact) mass is 251 g/mol. The number of amides is 1. The van der Waals surface area contributed by atoms with Crippen LogP contribution in [0.4, 0.5) is 0 Å². The minimum Gasteiger partial charge on any atom is -0.356 e. The highest BCUT2D eigenvalue weighted by Crippen LogP contribution is 2.44. The van der Waals surface area contributed by atoms with E-state index in [9.17, 15) is 4.79 Å². The highest BCUT2D eigenvalue weighted by Gasteiger charge is 2.44. The van der Waals surface area contributed by atoms with E-state index in [1.165, 1.54) is 0 Å². The molecule has 0 saturated heterocycles. The second kappa shape index (κ2) is 6.19. The molecule has 1 rings (SSSR count). The molecule has 1 aliphatic rings. The Morgan fingerprint density at radius 3 is 2.78 bits per heavy atom. The van der Waals surface area contributed by atoms with E-state index in [4.69, 9.17) is 11.0 Å². The number of nitrogens with one attached hydrogen (secondary N) is 1. The summed E-state index contributed by atoms with van der Waals surface area (Å²) in [6.07, 6.45) is 3.00. The first kappa shape index (κ1) is 15.0. The van der Waals surface area contributed by atoms with Crippen molar-refractivity contribution in [1.82, 2.24) is 5.32 Å². The average Bonchev–Trinajstić information content (AvgIpc) is 2.31. The van der Waals surface area contributed by atoms with Gasteiger partial charge in [0.1, 0.15) is 0 Å². The van der Waals surface area contributed by atoms with E-state index < -0.39 is 0 Å². The van der Waals surface area contributed by atoms with Crippen LogP contribution in [-0.4, -0.2) is 18.5 Å². The molecule has 0 heterocycles. The van der Waals surface area contributed by atoms with Crippen molar-refractivity contribution in [3.63, 3.8) is 0 Å². The number of unbranched alkanes of at least 4 members (excludes halogenated alkanes) is 1. The van der Waals surface area contributed by atoms with Crippen LogP contribution in [-0.2, 0) is 4.79 Å². The molecular formula is C14H25N3O. The first-order valence-electron chi connectivity index (χ1n) is 6.81. The molecule has 0 radical (unpaired) electrons. The zero-order chi connectivity index (χ0) is 13.8. The van der Waals surface area contributed by atoms with Gasteiger partial charge in [0.05, 0.1) is 6.07 Å². The van der Waals surface area contributed by atoms with Gasteiger partial charge in [0.15, 0.2) is 0 Å². The summed E-state index contributed by atoms with van der Waals surface area (Å²) >= 11 is 0. The lowest BCUT2D eigenvalue weighted by Gasteiger charge is -2.46. The molecule has 1 saturated carbocycles. The fraction of sp³-hybridized carbons (Fsp3) is 0.857. The van der Waals surface area contributed by atoms with Gasteiger partial charge >= 0.3 is 0 Å². The maximum Gasteiger partial charge on any atom is 0.223 e. The first-order valence-corrected chi connectivity index (χ1v) is 6.81. The van der Waals surface area contributed by atoms with E-state index in [0.29, 0.717) is 18.9 Å². The van der Waals surface area contributed by atoms with Crippen LogP contribution in [0, 0.1) is 28.6 Å². The lowest BCUT2D eigenvalue weighted by atomic mass is 9.61. The molecule has 0 aliphatic heterocycles.